The van der Waals surface area contributed by atoms with Gasteiger partial charge >= 0.3 is 5.97 Å². The van der Waals surface area contributed by atoms with Crippen LogP contribution in [0.2, 0.25) is 0 Å². The van der Waals surface area contributed by atoms with E-state index in [1.165, 1.54) is 0 Å². The molecule has 172 valence electrons. The van der Waals surface area contributed by atoms with E-state index in [-0.39, 0.29) is 23.7 Å². The van der Waals surface area contributed by atoms with Gasteiger partial charge in [0.25, 0.3) is 0 Å². The average molecular weight is 463 g/mol. The number of ether oxygens (including phenoxy) is 2. The lowest BCUT2D eigenvalue weighted by Crippen LogP contribution is -2.21. The quantitative estimate of drug-likeness (QED) is 0.226. The van der Waals surface area contributed by atoms with Crippen molar-refractivity contribution in [3.8, 4) is 11.5 Å². The second-order valence-electron chi connectivity index (χ2n) is 8.47. The summed E-state index contributed by atoms with van der Waals surface area (Å²) < 4.78 is 11.4. The number of hydrogen-bond donors (Lipinski definition) is 0. The molecule has 0 N–H and O–H groups in total. The number of carbonyl (C=O) groups is 3. The molecule has 0 radical (unpaired) electrons. The molecule has 5 heteroatoms. The summed E-state index contributed by atoms with van der Waals surface area (Å²) >= 11 is 0. The van der Waals surface area contributed by atoms with Crippen LogP contribution in [0, 0.1) is 0 Å². The van der Waals surface area contributed by atoms with E-state index in [2.05, 4.69) is 6.58 Å². The van der Waals surface area contributed by atoms with E-state index in [0.29, 0.717) is 40.2 Å². The van der Waals surface area contributed by atoms with Crippen molar-refractivity contribution in [3.63, 3.8) is 0 Å². The fourth-order valence-electron chi connectivity index (χ4n) is 4.21. The van der Waals surface area contributed by atoms with Gasteiger partial charge in [0.15, 0.2) is 11.6 Å². The van der Waals surface area contributed by atoms with E-state index < -0.39 is 5.97 Å². The predicted octanol–water partition coefficient (Wildman–Crippen LogP) is 6.07. The zero-order chi connectivity index (χ0) is 24.5. The molecule has 0 bridgehead atoms. The van der Waals surface area contributed by atoms with Gasteiger partial charge in [-0.15, -0.1) is 0 Å². The number of fused-ring (bicyclic) bond motifs is 3. The van der Waals surface area contributed by atoms with Crippen LogP contribution in [0.25, 0.3) is 10.8 Å². The van der Waals surface area contributed by atoms with Crippen molar-refractivity contribution < 1.29 is 23.9 Å². The van der Waals surface area contributed by atoms with Crippen LogP contribution in [-0.2, 0) is 16.0 Å². The SMILES string of the molecule is C=C(C)C(=O)OCCc1ccc(Oc2c3c(cc4ccccc24)C(=O)c2ccccc2C3=O)cc1. The Morgan fingerprint density at radius 1 is 0.829 bits per heavy atom. The lowest BCUT2D eigenvalue weighted by atomic mass is 9.82. The van der Waals surface area contributed by atoms with Gasteiger partial charge in [-0.2, -0.15) is 0 Å². The topological polar surface area (TPSA) is 69.7 Å². The molecule has 0 atom stereocenters. The highest BCUT2D eigenvalue weighted by Crippen LogP contribution is 2.41. The third-order valence-corrected chi connectivity index (χ3v) is 6.01. The zero-order valence-corrected chi connectivity index (χ0v) is 19.2. The van der Waals surface area contributed by atoms with Crippen LogP contribution in [-0.4, -0.2) is 24.1 Å². The average Bonchev–Trinajstić information content (AvgIpc) is 2.88. The lowest BCUT2D eigenvalue weighted by molar-refractivity contribution is -0.138. The van der Waals surface area contributed by atoms with E-state index in [9.17, 15) is 14.4 Å². The van der Waals surface area contributed by atoms with Crippen molar-refractivity contribution in [2.45, 2.75) is 13.3 Å². The molecule has 1 aliphatic rings. The van der Waals surface area contributed by atoms with Crippen LogP contribution < -0.4 is 4.74 Å². The number of rotatable bonds is 6. The molecule has 0 saturated heterocycles. The van der Waals surface area contributed by atoms with Crippen LogP contribution in [0.5, 0.6) is 11.5 Å². The van der Waals surface area contributed by atoms with Gasteiger partial charge in [-0.3, -0.25) is 9.59 Å². The molecule has 4 aromatic rings. The molecule has 1 aliphatic carbocycles. The minimum Gasteiger partial charge on any atom is -0.462 e. The molecule has 5 rings (SSSR count). The number of ketones is 2. The Kier molecular flexibility index (Phi) is 5.75. The molecule has 0 saturated carbocycles. The van der Waals surface area contributed by atoms with E-state index >= 15 is 0 Å². The van der Waals surface area contributed by atoms with E-state index in [0.717, 1.165) is 16.3 Å². The number of carbonyl (C=O) groups excluding carboxylic acids is 3. The molecular formula is C30H22O5. The minimum atomic E-state index is -0.411. The Hall–Kier alpha value is -4.51. The predicted molar refractivity (Wildman–Crippen MR) is 133 cm³/mol. The first-order valence-electron chi connectivity index (χ1n) is 11.3. The van der Waals surface area contributed by atoms with Gasteiger partial charge in [0.05, 0.1) is 12.2 Å². The highest BCUT2D eigenvalue weighted by Gasteiger charge is 2.33. The summed E-state index contributed by atoms with van der Waals surface area (Å²) in [5.41, 5.74) is 2.74. The third kappa shape index (κ3) is 4.13. The van der Waals surface area contributed by atoms with Gasteiger partial charge in [-0.1, -0.05) is 67.2 Å². The molecular weight excluding hydrogens is 440 g/mol. The summed E-state index contributed by atoms with van der Waals surface area (Å²) in [5.74, 6) is 0.0725. The maximum absolute atomic E-state index is 13.5. The van der Waals surface area contributed by atoms with Crippen LogP contribution in [0.1, 0.15) is 44.3 Å². The molecule has 0 fully saturated rings. The summed E-state index contributed by atoms with van der Waals surface area (Å²) in [7, 11) is 0. The van der Waals surface area contributed by atoms with Gasteiger partial charge in [-0.25, -0.2) is 4.79 Å². The molecule has 0 aromatic heterocycles. The Morgan fingerprint density at radius 2 is 1.49 bits per heavy atom. The smallest absolute Gasteiger partial charge is 0.333 e. The molecule has 4 aromatic carbocycles. The summed E-state index contributed by atoms with van der Waals surface area (Å²) in [4.78, 5) is 38.3. The largest absolute Gasteiger partial charge is 0.462 e. The van der Waals surface area contributed by atoms with Gasteiger partial charge < -0.3 is 9.47 Å². The van der Waals surface area contributed by atoms with Crippen molar-refractivity contribution in [2.24, 2.45) is 0 Å². The Balaban J connectivity index is 1.49. The van der Waals surface area contributed by atoms with Crippen molar-refractivity contribution >= 4 is 28.3 Å². The van der Waals surface area contributed by atoms with Crippen molar-refractivity contribution in [1.29, 1.82) is 0 Å². The first-order chi connectivity index (χ1) is 16.9. The number of benzene rings is 4. The molecule has 0 heterocycles. The van der Waals surface area contributed by atoms with Crippen molar-refractivity contribution in [3.05, 3.63) is 119 Å². The van der Waals surface area contributed by atoms with Crippen LogP contribution in [0.4, 0.5) is 0 Å². The van der Waals surface area contributed by atoms with Gasteiger partial charge in [0.1, 0.15) is 11.5 Å². The van der Waals surface area contributed by atoms with E-state index in [1.54, 1.807) is 49.4 Å². The highest BCUT2D eigenvalue weighted by molar-refractivity contribution is 6.31. The Labute approximate surface area is 202 Å². The van der Waals surface area contributed by atoms with Crippen LogP contribution in [0.15, 0.2) is 91.0 Å². The standard InChI is InChI=1S/C30H22O5/c1-18(2)30(33)34-16-15-19-11-13-21(14-12-19)35-29-22-8-4-3-7-20(22)17-25-26(29)28(32)24-10-6-5-9-23(24)27(25)31/h3-14,17H,1,15-16H2,2H3. The lowest BCUT2D eigenvalue weighted by Gasteiger charge is -2.22. The minimum absolute atomic E-state index is 0.189. The summed E-state index contributed by atoms with van der Waals surface area (Å²) in [6, 6.07) is 23.5. The maximum Gasteiger partial charge on any atom is 0.333 e. The second kappa shape index (κ2) is 9.03. The van der Waals surface area contributed by atoms with Gasteiger partial charge in [0, 0.05) is 34.1 Å². The summed E-state index contributed by atoms with van der Waals surface area (Å²) in [6.07, 6.45) is 0.548. The van der Waals surface area contributed by atoms with Crippen LogP contribution >= 0.6 is 0 Å². The molecule has 35 heavy (non-hydrogen) atoms. The molecule has 0 spiro atoms. The zero-order valence-electron chi connectivity index (χ0n) is 19.2. The molecule has 0 amide bonds. The third-order valence-electron chi connectivity index (χ3n) is 6.01. The van der Waals surface area contributed by atoms with Gasteiger partial charge in [0.2, 0.25) is 0 Å². The first kappa shape index (κ1) is 22.3. The monoisotopic (exact) mass is 462 g/mol. The Morgan fingerprint density at radius 3 is 2.20 bits per heavy atom. The Bertz CT molecular complexity index is 1510. The fraction of sp³-hybridized carbons (Fsp3) is 0.100. The number of esters is 1. The molecule has 0 unspecified atom stereocenters. The van der Waals surface area contributed by atoms with Crippen LogP contribution in [0.3, 0.4) is 0 Å². The van der Waals surface area contributed by atoms with Gasteiger partial charge in [-0.05, 0) is 36.1 Å². The maximum atomic E-state index is 13.5. The second-order valence-corrected chi connectivity index (χ2v) is 8.47. The number of hydrogen-bond acceptors (Lipinski definition) is 5. The molecule has 0 aliphatic heterocycles. The van der Waals surface area contributed by atoms with Crippen molar-refractivity contribution in [1.82, 2.24) is 0 Å². The van der Waals surface area contributed by atoms with Crippen molar-refractivity contribution in [2.75, 3.05) is 6.61 Å². The molecule has 5 nitrogen and oxygen atoms in total. The first-order valence-corrected chi connectivity index (χ1v) is 11.3. The fourth-order valence-corrected chi connectivity index (χ4v) is 4.21. The van der Waals surface area contributed by atoms with E-state index in [1.807, 2.05) is 36.4 Å². The van der Waals surface area contributed by atoms with E-state index in [4.69, 9.17) is 9.47 Å². The highest BCUT2D eigenvalue weighted by atomic mass is 16.5. The summed E-state index contributed by atoms with van der Waals surface area (Å²) in [5, 5.41) is 1.57. The normalized spacial score (nSPS) is 12.1. The summed E-state index contributed by atoms with van der Waals surface area (Å²) in [6.45, 7) is 5.43.